The Hall–Kier alpha value is -0.120. The van der Waals surface area contributed by atoms with E-state index in [4.69, 9.17) is 15.6 Å². The van der Waals surface area contributed by atoms with Crippen molar-refractivity contribution in [3.05, 3.63) is 0 Å². The van der Waals surface area contributed by atoms with Gasteiger partial charge in [-0.05, 0) is 19.3 Å². The van der Waals surface area contributed by atoms with Crippen molar-refractivity contribution in [2.45, 2.75) is 51.5 Å². The van der Waals surface area contributed by atoms with Crippen molar-refractivity contribution in [1.82, 2.24) is 0 Å². The molecular formula is C12H27NO2. The molecule has 0 radical (unpaired) electrons. The van der Waals surface area contributed by atoms with Crippen LogP contribution < -0.4 is 5.73 Å². The van der Waals surface area contributed by atoms with Crippen LogP contribution in [-0.2, 0) is 4.74 Å². The summed E-state index contributed by atoms with van der Waals surface area (Å²) in [5, 5.41) is 7.57. The van der Waals surface area contributed by atoms with E-state index in [1.165, 1.54) is 32.1 Å². The van der Waals surface area contributed by atoms with Crippen molar-refractivity contribution in [2.75, 3.05) is 20.3 Å². The minimum Gasteiger partial charge on any atom is -0.397 e. The van der Waals surface area contributed by atoms with Gasteiger partial charge >= 0.3 is 0 Å². The molecule has 3 heteroatoms. The molecule has 0 aromatic carbocycles. The van der Waals surface area contributed by atoms with E-state index in [2.05, 4.69) is 0 Å². The summed E-state index contributed by atoms with van der Waals surface area (Å²) in [5.74, 6) is 0.879. The molecule has 1 fully saturated rings. The van der Waals surface area contributed by atoms with E-state index < -0.39 is 0 Å². The predicted molar refractivity (Wildman–Crippen MR) is 63.8 cm³/mol. The highest BCUT2D eigenvalue weighted by atomic mass is 16.5. The molecule has 1 aliphatic rings. The van der Waals surface area contributed by atoms with Crippen molar-refractivity contribution in [1.29, 1.82) is 0 Å². The minimum absolute atomic E-state index is 0.250. The Kier molecular flexibility index (Phi) is 10.3. The van der Waals surface area contributed by atoms with Crippen molar-refractivity contribution in [3.63, 3.8) is 0 Å². The standard InChI is InChI=1S/C10H21NO.C2H6O/c1-12-8-10(11)7-9-5-3-2-4-6-9;1-2-3/h9-10H,2-8,11H2,1H3;3H,2H2,1H3/t10-;/m0./s1. The van der Waals surface area contributed by atoms with Gasteiger partial charge in [-0.2, -0.15) is 0 Å². The number of hydrogen-bond acceptors (Lipinski definition) is 3. The lowest BCUT2D eigenvalue weighted by atomic mass is 9.85. The van der Waals surface area contributed by atoms with Gasteiger partial charge in [0.2, 0.25) is 0 Å². The molecule has 0 spiro atoms. The Labute approximate surface area is 94.0 Å². The van der Waals surface area contributed by atoms with Gasteiger partial charge in [-0.1, -0.05) is 32.1 Å². The van der Waals surface area contributed by atoms with Crippen LogP contribution in [-0.4, -0.2) is 31.5 Å². The highest BCUT2D eigenvalue weighted by Gasteiger charge is 2.16. The molecule has 92 valence electrons. The second kappa shape index (κ2) is 10.4. The van der Waals surface area contributed by atoms with Crippen LogP contribution in [0.2, 0.25) is 0 Å². The fourth-order valence-corrected chi connectivity index (χ4v) is 2.13. The van der Waals surface area contributed by atoms with Gasteiger partial charge in [-0.3, -0.25) is 0 Å². The lowest BCUT2D eigenvalue weighted by molar-refractivity contribution is 0.164. The molecule has 15 heavy (non-hydrogen) atoms. The normalized spacial score (nSPS) is 19.2. The molecule has 0 saturated heterocycles. The van der Waals surface area contributed by atoms with Gasteiger partial charge in [0.05, 0.1) is 6.61 Å². The molecule has 0 unspecified atom stereocenters. The molecule has 3 N–H and O–H groups in total. The second-order valence-corrected chi connectivity index (χ2v) is 4.27. The molecule has 0 aromatic rings. The average molecular weight is 217 g/mol. The maximum Gasteiger partial charge on any atom is 0.0613 e. The number of nitrogens with two attached hydrogens (primary N) is 1. The van der Waals surface area contributed by atoms with Crippen LogP contribution in [0.4, 0.5) is 0 Å². The van der Waals surface area contributed by atoms with Gasteiger partial charge in [-0.25, -0.2) is 0 Å². The summed E-state index contributed by atoms with van der Waals surface area (Å²) in [6.07, 6.45) is 8.17. The Balaban J connectivity index is 0.000000583. The summed E-state index contributed by atoms with van der Waals surface area (Å²) < 4.78 is 5.02. The Morgan fingerprint density at radius 2 is 1.87 bits per heavy atom. The minimum atomic E-state index is 0.250. The molecule has 1 rings (SSSR count). The van der Waals surface area contributed by atoms with Gasteiger partial charge in [0, 0.05) is 19.8 Å². The maximum atomic E-state index is 7.57. The largest absolute Gasteiger partial charge is 0.397 e. The molecule has 3 nitrogen and oxygen atoms in total. The average Bonchev–Trinajstić information content (AvgIpc) is 2.20. The zero-order valence-electron chi connectivity index (χ0n) is 10.2. The van der Waals surface area contributed by atoms with E-state index in [9.17, 15) is 0 Å². The van der Waals surface area contributed by atoms with Crippen LogP contribution in [0.5, 0.6) is 0 Å². The molecule has 0 heterocycles. The first-order valence-electron chi connectivity index (χ1n) is 6.09. The van der Waals surface area contributed by atoms with E-state index in [-0.39, 0.29) is 12.6 Å². The van der Waals surface area contributed by atoms with Gasteiger partial charge in [0.25, 0.3) is 0 Å². The topological polar surface area (TPSA) is 55.5 Å². The third-order valence-corrected chi connectivity index (χ3v) is 2.74. The third-order valence-electron chi connectivity index (χ3n) is 2.74. The fraction of sp³-hybridized carbons (Fsp3) is 1.00. The van der Waals surface area contributed by atoms with E-state index >= 15 is 0 Å². The summed E-state index contributed by atoms with van der Waals surface area (Å²) in [6.45, 7) is 2.65. The Morgan fingerprint density at radius 3 is 2.33 bits per heavy atom. The fourth-order valence-electron chi connectivity index (χ4n) is 2.13. The summed E-state index contributed by atoms with van der Waals surface area (Å²) in [6, 6.07) is 0.262. The maximum absolute atomic E-state index is 7.57. The number of rotatable bonds is 4. The summed E-state index contributed by atoms with van der Waals surface area (Å²) >= 11 is 0. The van der Waals surface area contributed by atoms with E-state index in [1.54, 1.807) is 14.0 Å². The van der Waals surface area contributed by atoms with Gasteiger partial charge in [0.15, 0.2) is 0 Å². The van der Waals surface area contributed by atoms with Crippen molar-refractivity contribution >= 4 is 0 Å². The van der Waals surface area contributed by atoms with Crippen LogP contribution in [0, 0.1) is 5.92 Å². The lowest BCUT2D eigenvalue weighted by Gasteiger charge is -2.24. The zero-order chi connectivity index (χ0) is 11.5. The quantitative estimate of drug-likeness (QED) is 0.756. The van der Waals surface area contributed by atoms with Crippen molar-refractivity contribution < 1.29 is 9.84 Å². The van der Waals surface area contributed by atoms with E-state index in [1.807, 2.05) is 0 Å². The molecule has 0 aliphatic heterocycles. The molecule has 0 amide bonds. The first-order chi connectivity index (χ1) is 7.24. The SMILES string of the molecule is CCO.COC[C@@H](N)CC1CCCCC1. The van der Waals surface area contributed by atoms with E-state index in [0.29, 0.717) is 0 Å². The van der Waals surface area contributed by atoms with Crippen LogP contribution in [0.1, 0.15) is 45.4 Å². The second-order valence-electron chi connectivity index (χ2n) is 4.27. The first-order valence-corrected chi connectivity index (χ1v) is 6.09. The lowest BCUT2D eigenvalue weighted by Crippen LogP contribution is -2.29. The Bertz CT molecular complexity index is 125. The van der Waals surface area contributed by atoms with Gasteiger partial charge < -0.3 is 15.6 Å². The number of hydrogen-bond donors (Lipinski definition) is 2. The molecule has 1 atom stereocenters. The van der Waals surface area contributed by atoms with Gasteiger partial charge in [-0.15, -0.1) is 0 Å². The summed E-state index contributed by atoms with van der Waals surface area (Å²) in [5.41, 5.74) is 5.89. The molecule has 0 aromatic heterocycles. The highest BCUT2D eigenvalue weighted by molar-refractivity contribution is 4.71. The van der Waals surface area contributed by atoms with Crippen molar-refractivity contribution in [3.8, 4) is 0 Å². The number of aliphatic hydroxyl groups excluding tert-OH is 1. The van der Waals surface area contributed by atoms with Crippen LogP contribution in [0.15, 0.2) is 0 Å². The molecule has 1 aliphatic carbocycles. The predicted octanol–water partition coefficient (Wildman–Crippen LogP) is 1.93. The van der Waals surface area contributed by atoms with Crippen molar-refractivity contribution in [2.24, 2.45) is 11.7 Å². The monoisotopic (exact) mass is 217 g/mol. The Morgan fingerprint density at radius 1 is 1.33 bits per heavy atom. The summed E-state index contributed by atoms with van der Waals surface area (Å²) in [7, 11) is 1.72. The summed E-state index contributed by atoms with van der Waals surface area (Å²) in [4.78, 5) is 0. The number of aliphatic hydroxyl groups is 1. The van der Waals surface area contributed by atoms with Crippen LogP contribution >= 0.6 is 0 Å². The van der Waals surface area contributed by atoms with Crippen LogP contribution in [0.25, 0.3) is 0 Å². The smallest absolute Gasteiger partial charge is 0.0613 e. The first kappa shape index (κ1) is 14.9. The molecule has 0 bridgehead atoms. The molecule has 1 saturated carbocycles. The number of ether oxygens (including phenoxy) is 1. The van der Waals surface area contributed by atoms with E-state index in [0.717, 1.165) is 18.9 Å². The number of methoxy groups -OCH3 is 1. The zero-order valence-corrected chi connectivity index (χ0v) is 10.2. The van der Waals surface area contributed by atoms with Gasteiger partial charge in [0.1, 0.15) is 0 Å². The third kappa shape index (κ3) is 8.85. The van der Waals surface area contributed by atoms with Crippen LogP contribution in [0.3, 0.4) is 0 Å². The highest BCUT2D eigenvalue weighted by Crippen LogP contribution is 2.26. The molecular weight excluding hydrogens is 190 g/mol.